The Morgan fingerprint density at radius 3 is 2.71 bits per heavy atom. The van der Waals surface area contributed by atoms with Gasteiger partial charge in [-0.15, -0.1) is 11.3 Å². The Balaban J connectivity index is 2.09. The number of fused-ring (bicyclic) bond motifs is 1. The highest BCUT2D eigenvalue weighted by Gasteiger charge is 2.23. The summed E-state index contributed by atoms with van der Waals surface area (Å²) < 4.78 is 0. The topological polar surface area (TPSA) is 63.8 Å². The van der Waals surface area contributed by atoms with Gasteiger partial charge in [0.1, 0.15) is 5.01 Å². The summed E-state index contributed by atoms with van der Waals surface area (Å²) in [5.41, 5.74) is 8.58. The van der Waals surface area contributed by atoms with Crippen LogP contribution in [0.4, 0.5) is 11.4 Å². The van der Waals surface area contributed by atoms with E-state index in [0.717, 1.165) is 32.8 Å². The number of pyridine rings is 1. The first kappa shape index (κ1) is 13.8. The number of nitrogen functional groups attached to an aromatic ring is 1. The lowest BCUT2D eigenvalue weighted by molar-refractivity contribution is 0.605. The number of nitrogens with zero attached hydrogens (tertiary/aromatic N) is 2. The van der Waals surface area contributed by atoms with Crippen LogP contribution in [0.1, 0.15) is 24.5 Å². The Bertz CT molecular complexity index is 778. The lowest BCUT2D eigenvalue weighted by atomic mass is 10.0. The fourth-order valence-electron chi connectivity index (χ4n) is 2.40. The third-order valence-corrected chi connectivity index (χ3v) is 4.58. The van der Waals surface area contributed by atoms with Gasteiger partial charge in [-0.1, -0.05) is 0 Å². The molecule has 2 aromatic heterocycles. The van der Waals surface area contributed by atoms with Crippen LogP contribution >= 0.6 is 11.3 Å². The number of anilines is 2. The molecule has 0 aliphatic rings. The highest BCUT2D eigenvalue weighted by atomic mass is 32.1. The molecule has 5 heteroatoms. The van der Waals surface area contributed by atoms with E-state index in [9.17, 15) is 0 Å². The fraction of sp³-hybridized carbons (Fsp3) is 0.250. The summed E-state index contributed by atoms with van der Waals surface area (Å²) in [5.74, 6) is 0. The Kier molecular flexibility index (Phi) is 3.29. The van der Waals surface area contributed by atoms with Crippen molar-refractivity contribution in [1.82, 2.24) is 9.97 Å². The molecule has 0 bridgehead atoms. The van der Waals surface area contributed by atoms with Crippen molar-refractivity contribution in [2.45, 2.75) is 26.3 Å². The maximum atomic E-state index is 6.06. The number of benzene rings is 1. The molecule has 0 atom stereocenters. The van der Waals surface area contributed by atoms with Crippen LogP contribution in [0.25, 0.3) is 10.8 Å². The zero-order valence-electron chi connectivity index (χ0n) is 12.3. The van der Waals surface area contributed by atoms with E-state index >= 15 is 0 Å². The molecule has 21 heavy (non-hydrogen) atoms. The average molecular weight is 298 g/mol. The van der Waals surface area contributed by atoms with Crippen LogP contribution in [0.5, 0.6) is 0 Å². The first-order valence-corrected chi connectivity index (χ1v) is 7.68. The second-order valence-electron chi connectivity index (χ2n) is 5.66. The van der Waals surface area contributed by atoms with Gasteiger partial charge in [-0.05, 0) is 39.0 Å². The maximum absolute atomic E-state index is 6.06. The van der Waals surface area contributed by atoms with Gasteiger partial charge in [0.25, 0.3) is 0 Å². The van der Waals surface area contributed by atoms with E-state index in [4.69, 9.17) is 5.73 Å². The number of hydrogen-bond donors (Lipinski definition) is 2. The van der Waals surface area contributed by atoms with Gasteiger partial charge < -0.3 is 11.1 Å². The van der Waals surface area contributed by atoms with Crippen LogP contribution in [0.15, 0.2) is 36.0 Å². The first-order chi connectivity index (χ1) is 9.97. The molecule has 3 aromatic rings. The summed E-state index contributed by atoms with van der Waals surface area (Å²) in [6.07, 6.45) is 3.67. The molecule has 108 valence electrons. The van der Waals surface area contributed by atoms with Crippen molar-refractivity contribution in [2.24, 2.45) is 0 Å². The van der Waals surface area contributed by atoms with E-state index in [1.165, 1.54) is 0 Å². The molecule has 4 nitrogen and oxygen atoms in total. The number of hydrogen-bond acceptors (Lipinski definition) is 5. The van der Waals surface area contributed by atoms with Crippen LogP contribution in [-0.2, 0) is 5.54 Å². The summed E-state index contributed by atoms with van der Waals surface area (Å²) >= 11 is 1.65. The number of aryl methyl sites for hydroxylation is 1. The van der Waals surface area contributed by atoms with Crippen molar-refractivity contribution >= 4 is 33.5 Å². The molecular weight excluding hydrogens is 280 g/mol. The molecule has 0 unspecified atom stereocenters. The standard InChI is InChI=1S/C16H18N4S/c1-10-8-11-12(9-19-10)13(17)4-5-14(11)20-16(2,3)15-18-6-7-21-15/h4-9,20H,17H2,1-3H3. The van der Waals surface area contributed by atoms with Crippen molar-refractivity contribution in [2.75, 3.05) is 11.1 Å². The molecule has 3 N–H and O–H groups in total. The van der Waals surface area contributed by atoms with E-state index in [-0.39, 0.29) is 5.54 Å². The van der Waals surface area contributed by atoms with Crippen molar-refractivity contribution < 1.29 is 0 Å². The quantitative estimate of drug-likeness (QED) is 0.719. The van der Waals surface area contributed by atoms with Crippen molar-refractivity contribution in [3.05, 3.63) is 46.7 Å². The summed E-state index contributed by atoms with van der Waals surface area (Å²) in [7, 11) is 0. The predicted molar refractivity (Wildman–Crippen MR) is 89.7 cm³/mol. The van der Waals surface area contributed by atoms with Crippen LogP contribution in [-0.4, -0.2) is 9.97 Å². The smallest absolute Gasteiger partial charge is 0.117 e. The van der Waals surface area contributed by atoms with Crippen LogP contribution in [0.2, 0.25) is 0 Å². The van der Waals surface area contributed by atoms with E-state index in [2.05, 4.69) is 35.2 Å². The van der Waals surface area contributed by atoms with E-state index in [1.807, 2.05) is 36.8 Å². The molecule has 0 saturated heterocycles. The van der Waals surface area contributed by atoms with Crippen LogP contribution in [0, 0.1) is 6.92 Å². The minimum absolute atomic E-state index is 0.242. The number of nitrogens with two attached hydrogens (primary N) is 1. The average Bonchev–Trinajstić information content (AvgIpc) is 2.97. The summed E-state index contributed by atoms with van der Waals surface area (Å²) in [6, 6.07) is 6.00. The molecule has 0 radical (unpaired) electrons. The van der Waals surface area contributed by atoms with Gasteiger partial charge >= 0.3 is 0 Å². The zero-order valence-corrected chi connectivity index (χ0v) is 13.2. The zero-order chi connectivity index (χ0) is 15.0. The second-order valence-corrected chi connectivity index (χ2v) is 6.56. The molecular formula is C16H18N4S. The molecule has 0 saturated carbocycles. The molecule has 0 aliphatic heterocycles. The Labute approximate surface area is 128 Å². The number of aromatic nitrogens is 2. The van der Waals surface area contributed by atoms with Gasteiger partial charge in [0.05, 0.1) is 5.54 Å². The van der Waals surface area contributed by atoms with Crippen LogP contribution in [0.3, 0.4) is 0 Å². The highest BCUT2D eigenvalue weighted by Crippen LogP contribution is 2.33. The van der Waals surface area contributed by atoms with E-state index < -0.39 is 0 Å². The minimum atomic E-state index is -0.242. The molecule has 1 aromatic carbocycles. The molecule has 3 rings (SSSR count). The Morgan fingerprint density at radius 1 is 1.19 bits per heavy atom. The van der Waals surface area contributed by atoms with Gasteiger partial charge in [0, 0.05) is 45.6 Å². The van der Waals surface area contributed by atoms with Gasteiger partial charge in [-0.25, -0.2) is 4.98 Å². The largest absolute Gasteiger partial charge is 0.398 e. The number of thiazole rings is 1. The number of rotatable bonds is 3. The fourth-order valence-corrected chi connectivity index (χ4v) is 3.11. The van der Waals surface area contributed by atoms with Gasteiger partial charge in [-0.3, -0.25) is 4.98 Å². The molecule has 0 aliphatic carbocycles. The third-order valence-electron chi connectivity index (χ3n) is 3.49. The Hall–Kier alpha value is -2.14. The van der Waals surface area contributed by atoms with Crippen molar-refractivity contribution in [1.29, 1.82) is 0 Å². The second kappa shape index (κ2) is 5.00. The molecule has 2 heterocycles. The molecule has 0 spiro atoms. The van der Waals surface area contributed by atoms with Crippen LogP contribution < -0.4 is 11.1 Å². The molecule has 0 fully saturated rings. The first-order valence-electron chi connectivity index (χ1n) is 6.80. The van der Waals surface area contributed by atoms with Crippen molar-refractivity contribution in [3.63, 3.8) is 0 Å². The Morgan fingerprint density at radius 2 is 2.00 bits per heavy atom. The summed E-state index contributed by atoms with van der Waals surface area (Å²) in [6.45, 7) is 6.24. The van der Waals surface area contributed by atoms with E-state index in [0.29, 0.717) is 0 Å². The SMILES string of the molecule is Cc1cc2c(NC(C)(C)c3nccs3)ccc(N)c2cn1. The van der Waals surface area contributed by atoms with Gasteiger partial charge in [0.2, 0.25) is 0 Å². The summed E-state index contributed by atoms with van der Waals surface area (Å²) in [4.78, 5) is 8.76. The maximum Gasteiger partial charge on any atom is 0.117 e. The molecule has 0 amide bonds. The highest BCUT2D eigenvalue weighted by molar-refractivity contribution is 7.09. The van der Waals surface area contributed by atoms with Crippen molar-refractivity contribution in [3.8, 4) is 0 Å². The monoisotopic (exact) mass is 298 g/mol. The van der Waals surface area contributed by atoms with E-state index in [1.54, 1.807) is 11.3 Å². The predicted octanol–water partition coefficient (Wildman–Crippen LogP) is 3.93. The lowest BCUT2D eigenvalue weighted by Crippen LogP contribution is -2.27. The number of nitrogens with one attached hydrogen (secondary N) is 1. The van der Waals surface area contributed by atoms with Gasteiger partial charge in [0.15, 0.2) is 0 Å². The lowest BCUT2D eigenvalue weighted by Gasteiger charge is -2.26. The minimum Gasteiger partial charge on any atom is -0.398 e. The van der Waals surface area contributed by atoms with Gasteiger partial charge in [-0.2, -0.15) is 0 Å². The summed E-state index contributed by atoms with van der Waals surface area (Å²) in [5, 5.41) is 8.69. The normalized spacial score (nSPS) is 11.8. The third kappa shape index (κ3) is 2.56.